The lowest BCUT2D eigenvalue weighted by Gasteiger charge is -2.33. The topological polar surface area (TPSA) is 64.6 Å². The molecule has 0 aromatic heterocycles. The molecule has 2 aromatic carbocycles. The molecular formula is C20H20ClNO4. The summed E-state index contributed by atoms with van der Waals surface area (Å²) < 4.78 is 11.1. The molecule has 0 spiro atoms. The van der Waals surface area contributed by atoms with Crippen LogP contribution in [0.25, 0.3) is 0 Å². The van der Waals surface area contributed by atoms with Gasteiger partial charge >= 0.3 is 5.97 Å². The van der Waals surface area contributed by atoms with Gasteiger partial charge in [0.05, 0.1) is 17.9 Å². The van der Waals surface area contributed by atoms with Crippen LogP contribution in [0.1, 0.15) is 36.2 Å². The third-order valence-electron chi connectivity index (χ3n) is 4.21. The van der Waals surface area contributed by atoms with E-state index in [0.29, 0.717) is 35.1 Å². The molecular weight excluding hydrogens is 354 g/mol. The molecule has 0 aliphatic carbocycles. The van der Waals surface area contributed by atoms with E-state index in [1.54, 1.807) is 37.3 Å². The van der Waals surface area contributed by atoms with Gasteiger partial charge in [-0.15, -0.1) is 0 Å². The molecule has 1 aliphatic heterocycles. The van der Waals surface area contributed by atoms with Crippen LogP contribution in [0.3, 0.4) is 0 Å². The maximum atomic E-state index is 12.9. The molecule has 0 fully saturated rings. The molecule has 1 amide bonds. The summed E-state index contributed by atoms with van der Waals surface area (Å²) in [7, 11) is 0. The molecule has 0 radical (unpaired) electrons. The van der Waals surface area contributed by atoms with Crippen molar-refractivity contribution in [3.63, 3.8) is 0 Å². The monoisotopic (exact) mass is 373 g/mol. The second-order valence-electron chi connectivity index (χ2n) is 6.40. The second-order valence-corrected chi connectivity index (χ2v) is 6.83. The van der Waals surface area contributed by atoms with E-state index in [4.69, 9.17) is 21.1 Å². The lowest BCUT2D eigenvalue weighted by atomic mass is 9.89. The van der Waals surface area contributed by atoms with Crippen LogP contribution in [0.15, 0.2) is 42.5 Å². The first-order valence-electron chi connectivity index (χ1n) is 8.48. The van der Waals surface area contributed by atoms with Gasteiger partial charge in [0, 0.05) is 11.4 Å². The van der Waals surface area contributed by atoms with Gasteiger partial charge in [0.15, 0.2) is 5.60 Å². The van der Waals surface area contributed by atoms with Gasteiger partial charge in [-0.05, 0) is 43.2 Å². The molecule has 136 valence electrons. The Balaban J connectivity index is 1.84. The van der Waals surface area contributed by atoms with E-state index in [1.807, 2.05) is 19.1 Å². The molecule has 0 saturated heterocycles. The summed E-state index contributed by atoms with van der Waals surface area (Å²) in [6, 6.07) is 12.2. The van der Waals surface area contributed by atoms with Crippen LogP contribution >= 0.6 is 11.6 Å². The number of ether oxygens (including phenoxy) is 2. The smallest absolute Gasteiger partial charge is 0.339 e. The number of esters is 1. The van der Waals surface area contributed by atoms with Crippen molar-refractivity contribution in [1.29, 1.82) is 0 Å². The molecule has 6 heteroatoms. The quantitative estimate of drug-likeness (QED) is 0.796. The summed E-state index contributed by atoms with van der Waals surface area (Å²) in [6.45, 7) is 4.12. The van der Waals surface area contributed by atoms with Gasteiger partial charge in [0.25, 0.3) is 5.91 Å². The van der Waals surface area contributed by atoms with Gasteiger partial charge in [-0.3, -0.25) is 4.79 Å². The minimum absolute atomic E-state index is 0.298. The van der Waals surface area contributed by atoms with Gasteiger partial charge in [-0.1, -0.05) is 36.7 Å². The first-order chi connectivity index (χ1) is 12.4. The molecule has 2 aromatic rings. The van der Waals surface area contributed by atoms with Crippen LogP contribution in [0.5, 0.6) is 5.75 Å². The molecule has 1 N–H and O–H groups in total. The van der Waals surface area contributed by atoms with E-state index in [1.165, 1.54) is 0 Å². The van der Waals surface area contributed by atoms with E-state index < -0.39 is 17.5 Å². The minimum atomic E-state index is -1.31. The Labute approximate surface area is 157 Å². The van der Waals surface area contributed by atoms with Gasteiger partial charge in [-0.2, -0.15) is 0 Å². The van der Waals surface area contributed by atoms with Crippen molar-refractivity contribution in [1.82, 2.24) is 0 Å². The fourth-order valence-electron chi connectivity index (χ4n) is 2.85. The molecule has 1 atom stereocenters. The number of hydrogen-bond donors (Lipinski definition) is 1. The highest BCUT2D eigenvalue weighted by atomic mass is 35.5. The Morgan fingerprint density at radius 1 is 1.31 bits per heavy atom. The predicted octanol–water partition coefficient (Wildman–Crippen LogP) is 4.24. The number of fused-ring (bicyclic) bond motifs is 1. The number of cyclic esters (lactones) is 1. The average molecular weight is 374 g/mol. The van der Waals surface area contributed by atoms with E-state index in [2.05, 4.69) is 5.32 Å². The number of nitrogens with one attached hydrogen (secondary N) is 1. The number of anilines is 1. The lowest BCUT2D eigenvalue weighted by Crippen LogP contribution is -2.48. The maximum Gasteiger partial charge on any atom is 0.339 e. The van der Waals surface area contributed by atoms with Crippen molar-refractivity contribution < 1.29 is 19.1 Å². The Bertz CT molecular complexity index is 851. The highest BCUT2D eigenvalue weighted by molar-refractivity contribution is 6.31. The minimum Gasteiger partial charge on any atom is -0.491 e. The maximum absolute atomic E-state index is 12.9. The van der Waals surface area contributed by atoms with Crippen molar-refractivity contribution >= 4 is 29.2 Å². The third-order valence-corrected chi connectivity index (χ3v) is 4.45. The molecule has 26 heavy (non-hydrogen) atoms. The Morgan fingerprint density at radius 2 is 2.08 bits per heavy atom. The van der Waals surface area contributed by atoms with Crippen LogP contribution in [-0.2, 0) is 16.0 Å². The van der Waals surface area contributed by atoms with Crippen molar-refractivity contribution in [2.75, 3.05) is 11.9 Å². The fourth-order valence-corrected chi connectivity index (χ4v) is 3.02. The third kappa shape index (κ3) is 3.68. The highest BCUT2D eigenvalue weighted by Gasteiger charge is 2.42. The molecule has 0 bridgehead atoms. The van der Waals surface area contributed by atoms with Crippen molar-refractivity contribution in [2.24, 2.45) is 0 Å². The summed E-state index contributed by atoms with van der Waals surface area (Å²) >= 11 is 6.05. The zero-order chi connectivity index (χ0) is 18.7. The van der Waals surface area contributed by atoms with E-state index in [0.717, 1.165) is 12.0 Å². The van der Waals surface area contributed by atoms with Gasteiger partial charge < -0.3 is 14.8 Å². The SMILES string of the molecule is CCCOc1ccc(Cl)cc1NC(=O)C1(C)Cc2ccccc2C(=O)O1. The van der Waals surface area contributed by atoms with Crippen molar-refractivity contribution in [3.8, 4) is 5.75 Å². The molecule has 1 heterocycles. The van der Waals surface area contributed by atoms with Crippen LogP contribution in [-0.4, -0.2) is 24.1 Å². The zero-order valence-corrected chi connectivity index (χ0v) is 15.4. The van der Waals surface area contributed by atoms with Crippen LogP contribution < -0.4 is 10.1 Å². The Morgan fingerprint density at radius 3 is 2.85 bits per heavy atom. The van der Waals surface area contributed by atoms with Crippen LogP contribution in [0, 0.1) is 0 Å². The predicted molar refractivity (Wildman–Crippen MR) is 99.8 cm³/mol. The molecule has 1 unspecified atom stereocenters. The average Bonchev–Trinajstić information content (AvgIpc) is 2.61. The van der Waals surface area contributed by atoms with Crippen molar-refractivity contribution in [3.05, 3.63) is 58.6 Å². The number of carbonyl (C=O) groups is 2. The van der Waals surface area contributed by atoms with E-state index in [9.17, 15) is 9.59 Å². The van der Waals surface area contributed by atoms with E-state index in [-0.39, 0.29) is 0 Å². The first-order valence-corrected chi connectivity index (χ1v) is 8.86. The van der Waals surface area contributed by atoms with E-state index >= 15 is 0 Å². The lowest BCUT2D eigenvalue weighted by molar-refractivity contribution is -0.134. The highest BCUT2D eigenvalue weighted by Crippen LogP contribution is 2.32. The second kappa shape index (κ2) is 7.38. The standard InChI is InChI=1S/C20H20ClNO4/c1-3-10-25-17-9-8-14(21)11-16(17)22-19(24)20(2)12-13-6-4-5-7-15(13)18(23)26-20/h4-9,11H,3,10,12H2,1-2H3,(H,22,24). The largest absolute Gasteiger partial charge is 0.491 e. The number of benzene rings is 2. The number of amides is 1. The summed E-state index contributed by atoms with van der Waals surface area (Å²) in [5, 5.41) is 3.27. The summed E-state index contributed by atoms with van der Waals surface area (Å²) in [6.07, 6.45) is 1.13. The number of carbonyl (C=O) groups excluding carboxylic acids is 2. The number of rotatable bonds is 5. The van der Waals surface area contributed by atoms with Crippen LogP contribution in [0.4, 0.5) is 5.69 Å². The first kappa shape index (κ1) is 18.3. The van der Waals surface area contributed by atoms with Crippen molar-refractivity contribution in [2.45, 2.75) is 32.3 Å². The van der Waals surface area contributed by atoms with Crippen LogP contribution in [0.2, 0.25) is 5.02 Å². The normalized spacial score (nSPS) is 18.7. The number of hydrogen-bond acceptors (Lipinski definition) is 4. The molecule has 0 saturated carbocycles. The zero-order valence-electron chi connectivity index (χ0n) is 14.7. The summed E-state index contributed by atoms with van der Waals surface area (Å²) in [5.41, 5.74) is 0.421. The molecule has 1 aliphatic rings. The molecule has 5 nitrogen and oxygen atoms in total. The van der Waals surface area contributed by atoms with Gasteiger partial charge in [0.2, 0.25) is 0 Å². The molecule has 3 rings (SSSR count). The fraction of sp³-hybridized carbons (Fsp3) is 0.300. The van der Waals surface area contributed by atoms with Gasteiger partial charge in [-0.25, -0.2) is 4.79 Å². The summed E-state index contributed by atoms with van der Waals surface area (Å²) in [4.78, 5) is 25.2. The summed E-state index contributed by atoms with van der Waals surface area (Å²) in [5.74, 6) is -0.405. The van der Waals surface area contributed by atoms with Gasteiger partial charge in [0.1, 0.15) is 5.75 Å². The Hall–Kier alpha value is -2.53. The number of halogens is 1. The Kier molecular flexibility index (Phi) is 5.18.